The predicted octanol–water partition coefficient (Wildman–Crippen LogP) is 3.85. The summed E-state index contributed by atoms with van der Waals surface area (Å²) in [6, 6.07) is 16.0. The number of fused-ring (bicyclic) bond motifs is 1. The molecule has 0 N–H and O–H groups in total. The quantitative estimate of drug-likeness (QED) is 0.718. The summed E-state index contributed by atoms with van der Waals surface area (Å²) in [6.45, 7) is 2.18. The third-order valence-corrected chi connectivity index (χ3v) is 3.37. The fraction of sp³-hybridized carbons (Fsp3) is 0.176. The maximum atomic E-state index is 8.82. The minimum atomic E-state index is 0.663. The first kappa shape index (κ1) is 12.4. The molecular weight excluding hydrogens is 246 g/mol. The molecule has 3 aromatic rings. The Morgan fingerprint density at radius 3 is 2.65 bits per heavy atom. The number of hydrogen-bond donors (Lipinski definition) is 0. The molecule has 0 saturated heterocycles. The van der Waals surface area contributed by atoms with Crippen molar-refractivity contribution in [2.45, 2.75) is 19.8 Å². The van der Waals surface area contributed by atoms with Crippen LogP contribution in [0, 0.1) is 11.3 Å². The van der Waals surface area contributed by atoms with Gasteiger partial charge in [0, 0.05) is 11.6 Å². The first-order valence-corrected chi connectivity index (χ1v) is 6.79. The zero-order valence-electron chi connectivity index (χ0n) is 11.4. The standard InChI is InChI=1S/C17H15N3/c1-2-3-13-4-7-15-12-20(19-17(15)10-13)16-8-5-14(11-18)6-9-16/h4-10,12H,2-3H2,1H3. The minimum absolute atomic E-state index is 0.663. The van der Waals surface area contributed by atoms with Gasteiger partial charge in [-0.25, -0.2) is 4.68 Å². The topological polar surface area (TPSA) is 41.6 Å². The van der Waals surface area contributed by atoms with Crippen molar-refractivity contribution in [1.29, 1.82) is 5.26 Å². The van der Waals surface area contributed by atoms with E-state index in [1.807, 2.05) is 35.1 Å². The smallest absolute Gasteiger partial charge is 0.0991 e. The van der Waals surface area contributed by atoms with E-state index >= 15 is 0 Å². The number of aryl methyl sites for hydroxylation is 1. The van der Waals surface area contributed by atoms with Crippen molar-refractivity contribution >= 4 is 10.9 Å². The first-order valence-electron chi connectivity index (χ1n) is 6.79. The normalized spacial score (nSPS) is 10.6. The zero-order valence-corrected chi connectivity index (χ0v) is 11.4. The van der Waals surface area contributed by atoms with Gasteiger partial charge in [0.15, 0.2) is 0 Å². The number of nitriles is 1. The summed E-state index contributed by atoms with van der Waals surface area (Å²) in [4.78, 5) is 0. The molecule has 0 aliphatic rings. The number of aromatic nitrogens is 2. The van der Waals surface area contributed by atoms with Gasteiger partial charge in [0.25, 0.3) is 0 Å². The molecule has 3 heteroatoms. The summed E-state index contributed by atoms with van der Waals surface area (Å²) in [5.74, 6) is 0. The molecule has 2 aromatic carbocycles. The van der Waals surface area contributed by atoms with E-state index in [1.54, 1.807) is 0 Å². The summed E-state index contributed by atoms with van der Waals surface area (Å²) in [6.07, 6.45) is 4.24. The number of benzene rings is 2. The first-order chi connectivity index (χ1) is 9.80. The van der Waals surface area contributed by atoms with Gasteiger partial charge in [-0.1, -0.05) is 25.5 Å². The Bertz CT molecular complexity index is 776. The lowest BCUT2D eigenvalue weighted by Crippen LogP contribution is -1.93. The highest BCUT2D eigenvalue weighted by atomic mass is 15.3. The molecular formula is C17H15N3. The average Bonchev–Trinajstić information content (AvgIpc) is 2.91. The van der Waals surface area contributed by atoms with Gasteiger partial charge >= 0.3 is 0 Å². The second-order valence-electron chi connectivity index (χ2n) is 4.88. The maximum Gasteiger partial charge on any atom is 0.0991 e. The van der Waals surface area contributed by atoms with Crippen LogP contribution in [0.25, 0.3) is 16.6 Å². The van der Waals surface area contributed by atoms with E-state index in [9.17, 15) is 0 Å². The molecule has 0 aliphatic carbocycles. The summed E-state index contributed by atoms with van der Waals surface area (Å²) in [7, 11) is 0. The molecule has 0 atom stereocenters. The van der Waals surface area contributed by atoms with E-state index < -0.39 is 0 Å². The number of rotatable bonds is 3. The van der Waals surface area contributed by atoms with Crippen LogP contribution in [0.3, 0.4) is 0 Å². The summed E-state index contributed by atoms with van der Waals surface area (Å²) in [5.41, 5.74) is 3.97. The molecule has 1 aromatic heterocycles. The minimum Gasteiger partial charge on any atom is -0.240 e. The molecule has 0 fully saturated rings. The Morgan fingerprint density at radius 2 is 1.95 bits per heavy atom. The van der Waals surface area contributed by atoms with Gasteiger partial charge in [0.2, 0.25) is 0 Å². The average molecular weight is 261 g/mol. The van der Waals surface area contributed by atoms with Crippen LogP contribution in [0.2, 0.25) is 0 Å². The van der Waals surface area contributed by atoms with E-state index in [0.29, 0.717) is 5.56 Å². The third-order valence-electron chi connectivity index (χ3n) is 3.37. The molecule has 20 heavy (non-hydrogen) atoms. The van der Waals surface area contributed by atoms with Gasteiger partial charge in [-0.15, -0.1) is 0 Å². The lowest BCUT2D eigenvalue weighted by Gasteiger charge is -1.99. The molecule has 3 nitrogen and oxygen atoms in total. The van der Waals surface area contributed by atoms with Crippen LogP contribution < -0.4 is 0 Å². The Labute approximate surface area is 118 Å². The van der Waals surface area contributed by atoms with Crippen LogP contribution >= 0.6 is 0 Å². The molecule has 0 bridgehead atoms. The SMILES string of the molecule is CCCc1ccc2cn(-c3ccc(C#N)cc3)nc2c1. The molecule has 98 valence electrons. The monoisotopic (exact) mass is 261 g/mol. The van der Waals surface area contributed by atoms with Gasteiger partial charge in [0.1, 0.15) is 0 Å². The Balaban J connectivity index is 2.01. The van der Waals surface area contributed by atoms with Crippen LogP contribution in [0.5, 0.6) is 0 Å². The second-order valence-corrected chi connectivity index (χ2v) is 4.88. The molecule has 3 rings (SSSR count). The Morgan fingerprint density at radius 1 is 1.15 bits per heavy atom. The predicted molar refractivity (Wildman–Crippen MR) is 79.8 cm³/mol. The van der Waals surface area contributed by atoms with Crippen LogP contribution in [-0.4, -0.2) is 9.78 Å². The molecule has 0 spiro atoms. The third kappa shape index (κ3) is 2.28. The number of nitrogens with zero attached hydrogens (tertiary/aromatic N) is 3. The Hall–Kier alpha value is -2.60. The fourth-order valence-corrected chi connectivity index (χ4v) is 2.33. The van der Waals surface area contributed by atoms with E-state index in [1.165, 1.54) is 5.56 Å². The highest BCUT2D eigenvalue weighted by Gasteiger charge is 2.04. The summed E-state index contributed by atoms with van der Waals surface area (Å²) >= 11 is 0. The lowest BCUT2D eigenvalue weighted by molar-refractivity contribution is 0.893. The van der Waals surface area contributed by atoms with E-state index in [4.69, 9.17) is 5.26 Å². The van der Waals surface area contributed by atoms with Crippen molar-refractivity contribution in [3.05, 3.63) is 59.8 Å². The van der Waals surface area contributed by atoms with Crippen molar-refractivity contribution in [3.8, 4) is 11.8 Å². The highest BCUT2D eigenvalue weighted by Crippen LogP contribution is 2.18. The van der Waals surface area contributed by atoms with Crippen LogP contribution in [-0.2, 0) is 6.42 Å². The van der Waals surface area contributed by atoms with Crippen LogP contribution in [0.1, 0.15) is 24.5 Å². The van der Waals surface area contributed by atoms with Crippen LogP contribution in [0.15, 0.2) is 48.7 Å². The molecule has 1 heterocycles. The van der Waals surface area contributed by atoms with Gasteiger partial charge in [-0.2, -0.15) is 10.4 Å². The van der Waals surface area contributed by atoms with E-state index in [2.05, 4.69) is 36.3 Å². The number of hydrogen-bond acceptors (Lipinski definition) is 2. The Kier molecular flexibility index (Phi) is 3.22. The van der Waals surface area contributed by atoms with Gasteiger partial charge in [-0.3, -0.25) is 0 Å². The van der Waals surface area contributed by atoms with Crippen molar-refractivity contribution in [1.82, 2.24) is 9.78 Å². The molecule has 0 radical (unpaired) electrons. The van der Waals surface area contributed by atoms with Gasteiger partial charge in [-0.05, 0) is 42.3 Å². The summed E-state index contributed by atoms with van der Waals surface area (Å²) < 4.78 is 1.86. The molecule has 0 aliphatic heterocycles. The maximum absolute atomic E-state index is 8.82. The van der Waals surface area contributed by atoms with Gasteiger partial charge in [0.05, 0.1) is 22.8 Å². The fourth-order valence-electron chi connectivity index (χ4n) is 2.33. The molecule has 0 saturated carbocycles. The lowest BCUT2D eigenvalue weighted by atomic mass is 10.1. The van der Waals surface area contributed by atoms with Gasteiger partial charge < -0.3 is 0 Å². The summed E-state index contributed by atoms with van der Waals surface area (Å²) in [5, 5.41) is 14.6. The van der Waals surface area contributed by atoms with Crippen molar-refractivity contribution in [2.24, 2.45) is 0 Å². The van der Waals surface area contributed by atoms with Crippen LogP contribution in [0.4, 0.5) is 0 Å². The van der Waals surface area contributed by atoms with E-state index in [0.717, 1.165) is 29.4 Å². The van der Waals surface area contributed by atoms with Crippen molar-refractivity contribution < 1.29 is 0 Å². The van der Waals surface area contributed by atoms with Crippen molar-refractivity contribution in [2.75, 3.05) is 0 Å². The molecule has 0 amide bonds. The second kappa shape index (κ2) is 5.18. The van der Waals surface area contributed by atoms with Crippen molar-refractivity contribution in [3.63, 3.8) is 0 Å². The largest absolute Gasteiger partial charge is 0.240 e. The van der Waals surface area contributed by atoms with E-state index in [-0.39, 0.29) is 0 Å². The molecule has 0 unspecified atom stereocenters. The highest BCUT2D eigenvalue weighted by molar-refractivity contribution is 5.79. The zero-order chi connectivity index (χ0) is 13.9.